The van der Waals surface area contributed by atoms with Gasteiger partial charge in [-0.25, -0.2) is 9.78 Å². The molecule has 0 saturated heterocycles. The maximum absolute atomic E-state index is 13.2. The van der Waals surface area contributed by atoms with E-state index in [0.29, 0.717) is 24.6 Å². The Morgan fingerprint density at radius 3 is 2.50 bits per heavy atom. The summed E-state index contributed by atoms with van der Waals surface area (Å²) < 4.78 is 13.3. The fourth-order valence-corrected chi connectivity index (χ4v) is 6.41. The second-order valence-electron chi connectivity index (χ2n) is 11.8. The van der Waals surface area contributed by atoms with Crippen LogP contribution in [0.5, 0.6) is 5.88 Å². The fraction of sp³-hybridized carbons (Fsp3) is 0.314. The molecule has 0 unspecified atom stereocenters. The Hall–Kier alpha value is -5.16. The van der Waals surface area contributed by atoms with Crippen molar-refractivity contribution < 1.29 is 19.4 Å². The number of aromatic nitrogens is 3. The topological polar surface area (TPSA) is 137 Å². The van der Waals surface area contributed by atoms with Crippen molar-refractivity contribution in [1.82, 2.24) is 19.4 Å². The van der Waals surface area contributed by atoms with Crippen molar-refractivity contribution in [3.63, 3.8) is 0 Å². The number of hydrogen-bond donors (Lipinski definition) is 3. The second kappa shape index (κ2) is 12.3. The number of aliphatic hydroxyl groups is 1. The summed E-state index contributed by atoms with van der Waals surface area (Å²) >= 11 is 0. The summed E-state index contributed by atoms with van der Waals surface area (Å²) in [4.78, 5) is 42.9. The number of aryl methyl sites for hydroxylation is 2. The van der Waals surface area contributed by atoms with Crippen LogP contribution in [0.1, 0.15) is 51.5 Å². The Kier molecular flexibility index (Phi) is 8.26. The van der Waals surface area contributed by atoms with Crippen LogP contribution in [0, 0.1) is 13.8 Å². The molecule has 0 radical (unpaired) electrons. The van der Waals surface area contributed by atoms with Gasteiger partial charge in [-0.05, 0) is 66.6 Å². The summed E-state index contributed by atoms with van der Waals surface area (Å²) in [5, 5.41) is 16.7. The van der Waals surface area contributed by atoms with Gasteiger partial charge in [0, 0.05) is 43.5 Å². The molecule has 1 aliphatic carbocycles. The lowest BCUT2D eigenvalue weighted by Gasteiger charge is -2.23. The third-order valence-electron chi connectivity index (χ3n) is 8.96. The van der Waals surface area contributed by atoms with Crippen LogP contribution >= 0.6 is 0 Å². The molecule has 0 spiro atoms. The van der Waals surface area contributed by atoms with Crippen LogP contribution in [0.15, 0.2) is 69.7 Å². The first kappa shape index (κ1) is 30.8. The van der Waals surface area contributed by atoms with Crippen LogP contribution in [0.25, 0.3) is 22.4 Å². The van der Waals surface area contributed by atoms with Crippen molar-refractivity contribution in [3.05, 3.63) is 109 Å². The van der Waals surface area contributed by atoms with E-state index in [9.17, 15) is 19.5 Å². The molecular formula is C35H37N5O6. The maximum atomic E-state index is 13.2. The van der Waals surface area contributed by atoms with Crippen molar-refractivity contribution in [2.75, 3.05) is 25.6 Å². The molecule has 2 aromatic carbocycles. The number of methoxy groups -OCH3 is 1. The van der Waals surface area contributed by atoms with Crippen LogP contribution in [0.3, 0.4) is 0 Å². The monoisotopic (exact) mass is 623 g/mol. The van der Waals surface area contributed by atoms with Crippen molar-refractivity contribution in [1.29, 1.82) is 0 Å². The van der Waals surface area contributed by atoms with Gasteiger partial charge in [-0.3, -0.25) is 14.2 Å². The number of carbonyl (C=O) groups is 1. The minimum Gasteiger partial charge on any atom is -0.508 e. The number of aliphatic hydroxyl groups excluding tert-OH is 1. The number of benzene rings is 2. The van der Waals surface area contributed by atoms with Crippen LogP contribution in [0.2, 0.25) is 0 Å². The average Bonchev–Trinajstić information content (AvgIpc) is 3.46. The van der Waals surface area contributed by atoms with Gasteiger partial charge in [0.2, 0.25) is 5.88 Å². The number of fused-ring (bicyclic) bond motifs is 1. The van der Waals surface area contributed by atoms with Crippen molar-refractivity contribution in [2.45, 2.75) is 39.2 Å². The molecule has 11 heteroatoms. The molecule has 2 aliphatic rings. The lowest BCUT2D eigenvalue weighted by Crippen LogP contribution is -2.40. The zero-order chi connectivity index (χ0) is 32.7. The Morgan fingerprint density at radius 2 is 1.76 bits per heavy atom. The SMILES string of the molecule is COc1nc(-c2cccc(-c3cccc(NC(=O)c4cn(C)c(=O)n(C)c4=O)c3C)c2C)cc2c1[C@@H](NC1=C(O)COCC1)CC2. The third kappa shape index (κ3) is 5.47. The zero-order valence-corrected chi connectivity index (χ0v) is 26.6. The number of carbonyl (C=O) groups excluding carboxylic acids is 1. The largest absolute Gasteiger partial charge is 0.508 e. The summed E-state index contributed by atoms with van der Waals surface area (Å²) in [6.07, 6.45) is 3.60. The van der Waals surface area contributed by atoms with Gasteiger partial charge in [-0.15, -0.1) is 0 Å². The second-order valence-corrected chi connectivity index (χ2v) is 11.8. The smallest absolute Gasteiger partial charge is 0.330 e. The van der Waals surface area contributed by atoms with Crippen molar-refractivity contribution >= 4 is 11.6 Å². The molecule has 4 aromatic rings. The molecule has 1 amide bonds. The van der Waals surface area contributed by atoms with Crippen LogP contribution < -0.4 is 26.6 Å². The highest BCUT2D eigenvalue weighted by Crippen LogP contribution is 2.42. The molecule has 0 fully saturated rings. The van der Waals surface area contributed by atoms with Crippen LogP contribution in [0.4, 0.5) is 5.69 Å². The van der Waals surface area contributed by atoms with Gasteiger partial charge in [0.15, 0.2) is 0 Å². The first-order valence-electron chi connectivity index (χ1n) is 15.2. The standard InChI is InChI=1S/C35H37N5O6/c1-19-22(23-9-7-11-26(20(23)2)37-32(42)25-17-39(3)35(44)40(4)34(25)43)8-6-10-24(19)29-16-21-12-13-28(31(21)33(38-29)45-5)36-27-14-15-46-18-30(27)41/h6-11,16-17,28,36,41H,12-15,18H2,1-5H3,(H,37,42)/t28-/m0/s1. The molecule has 1 aliphatic heterocycles. The first-order chi connectivity index (χ1) is 22.1. The van der Waals surface area contributed by atoms with E-state index in [1.807, 2.05) is 37.3 Å². The van der Waals surface area contributed by atoms with E-state index >= 15 is 0 Å². The lowest BCUT2D eigenvalue weighted by atomic mass is 9.91. The van der Waals surface area contributed by atoms with E-state index < -0.39 is 17.2 Å². The Bertz CT molecular complexity index is 2030. The van der Waals surface area contributed by atoms with E-state index in [-0.39, 0.29) is 24.0 Å². The maximum Gasteiger partial charge on any atom is 0.330 e. The molecule has 0 bridgehead atoms. The summed E-state index contributed by atoms with van der Waals surface area (Å²) in [7, 11) is 4.47. The molecule has 3 heterocycles. The van der Waals surface area contributed by atoms with Gasteiger partial charge in [-0.2, -0.15) is 0 Å². The Balaban J connectivity index is 1.33. The van der Waals surface area contributed by atoms with Crippen LogP contribution in [-0.2, 0) is 25.3 Å². The minimum absolute atomic E-state index is 0.0178. The molecule has 11 nitrogen and oxygen atoms in total. The summed E-state index contributed by atoms with van der Waals surface area (Å²) in [6, 6.07) is 13.8. The van der Waals surface area contributed by atoms with Crippen molar-refractivity contribution in [3.8, 4) is 28.3 Å². The highest BCUT2D eigenvalue weighted by Gasteiger charge is 2.30. The van der Waals surface area contributed by atoms with Gasteiger partial charge in [-0.1, -0.05) is 30.3 Å². The van der Waals surface area contributed by atoms with E-state index in [1.165, 1.54) is 24.9 Å². The molecule has 6 rings (SSSR count). The number of ether oxygens (including phenoxy) is 2. The number of hydrogen-bond acceptors (Lipinski definition) is 8. The fourth-order valence-electron chi connectivity index (χ4n) is 6.41. The number of anilines is 1. The summed E-state index contributed by atoms with van der Waals surface area (Å²) in [5.74, 6) is 0.211. The van der Waals surface area contributed by atoms with E-state index in [2.05, 4.69) is 23.6 Å². The van der Waals surface area contributed by atoms with Gasteiger partial charge < -0.3 is 29.8 Å². The van der Waals surface area contributed by atoms with Gasteiger partial charge in [0.1, 0.15) is 17.9 Å². The highest BCUT2D eigenvalue weighted by molar-refractivity contribution is 6.04. The normalized spacial score (nSPS) is 15.9. The number of rotatable bonds is 7. The number of amides is 1. The molecule has 2 aromatic heterocycles. The van der Waals surface area contributed by atoms with Gasteiger partial charge in [0.25, 0.3) is 11.5 Å². The third-order valence-corrected chi connectivity index (χ3v) is 8.96. The average molecular weight is 624 g/mol. The molecule has 1 atom stereocenters. The van der Waals surface area contributed by atoms with Crippen LogP contribution in [-0.4, -0.2) is 45.5 Å². The Labute approximate surface area is 266 Å². The zero-order valence-electron chi connectivity index (χ0n) is 26.6. The molecule has 0 saturated carbocycles. The van der Waals surface area contributed by atoms with Gasteiger partial charge >= 0.3 is 5.69 Å². The molecular weight excluding hydrogens is 586 g/mol. The van der Waals surface area contributed by atoms with E-state index in [0.717, 1.165) is 67.7 Å². The van der Waals surface area contributed by atoms with Crippen molar-refractivity contribution in [2.24, 2.45) is 14.1 Å². The Morgan fingerprint density at radius 1 is 1.04 bits per heavy atom. The molecule has 3 N–H and O–H groups in total. The van der Waals surface area contributed by atoms with E-state index in [1.54, 1.807) is 13.2 Å². The highest BCUT2D eigenvalue weighted by atomic mass is 16.5. The molecule has 46 heavy (non-hydrogen) atoms. The number of pyridine rings is 1. The molecule has 238 valence electrons. The predicted molar refractivity (Wildman–Crippen MR) is 175 cm³/mol. The lowest BCUT2D eigenvalue weighted by molar-refractivity contribution is 0.102. The van der Waals surface area contributed by atoms with Gasteiger partial charge in [0.05, 0.1) is 31.1 Å². The quantitative estimate of drug-likeness (QED) is 0.275. The minimum atomic E-state index is -0.656. The first-order valence-corrected chi connectivity index (χ1v) is 15.2. The predicted octanol–water partition coefficient (Wildman–Crippen LogP) is 4.46. The number of nitrogens with zero attached hydrogens (tertiary/aromatic N) is 3. The summed E-state index contributed by atoms with van der Waals surface area (Å²) in [6.45, 7) is 4.76. The van der Waals surface area contributed by atoms with E-state index in [4.69, 9.17) is 14.5 Å². The summed E-state index contributed by atoms with van der Waals surface area (Å²) in [5.41, 5.74) is 7.76. The number of nitrogens with one attached hydrogen (secondary N) is 2.